The summed E-state index contributed by atoms with van der Waals surface area (Å²) in [6.45, 7) is 0. The van der Waals surface area contributed by atoms with Gasteiger partial charge in [0.25, 0.3) is 0 Å². The number of nitrogens with one attached hydrogen (secondary N) is 1. The minimum absolute atomic E-state index is 0.226. The van der Waals surface area contributed by atoms with Crippen molar-refractivity contribution in [1.29, 1.82) is 4.78 Å². The number of para-hydroxylation sites is 1. The van der Waals surface area contributed by atoms with Crippen molar-refractivity contribution >= 4 is 10.6 Å². The monoisotopic (exact) mass is 184 g/mol. The van der Waals surface area contributed by atoms with E-state index >= 15 is 0 Å². The molecule has 3 nitrogen and oxygen atoms in total. The lowest BCUT2D eigenvalue weighted by Gasteiger charge is -2.07. The Morgan fingerprint density at radius 1 is 1.50 bits per heavy atom. The van der Waals surface area contributed by atoms with E-state index in [0.29, 0.717) is 5.75 Å². The van der Waals surface area contributed by atoms with E-state index in [1.165, 1.54) is 0 Å². The van der Waals surface area contributed by atoms with Crippen LogP contribution in [0.25, 0.3) is 0 Å². The second-order valence-electron chi connectivity index (χ2n) is 2.30. The van der Waals surface area contributed by atoms with Crippen LogP contribution in [0, 0.1) is 4.78 Å². The topological polar surface area (TPSA) is 50.1 Å². The van der Waals surface area contributed by atoms with Crippen molar-refractivity contribution in [3.63, 3.8) is 0 Å². The molecule has 0 aliphatic carbocycles. The molecule has 66 valence electrons. The molecule has 0 saturated carbocycles. The van der Waals surface area contributed by atoms with Crippen molar-refractivity contribution in [3.05, 3.63) is 29.8 Å². The maximum atomic E-state index is 10.6. The summed E-state index contributed by atoms with van der Waals surface area (Å²) in [6, 6.07) is 7.29. The molecule has 1 N–H and O–H groups in total. The lowest BCUT2D eigenvalue weighted by molar-refractivity contribution is 0.411. The molecule has 0 atom stereocenters. The summed E-state index contributed by atoms with van der Waals surface area (Å²) in [5, 5.41) is 0. The van der Waals surface area contributed by atoms with Crippen LogP contribution in [-0.4, -0.2) is 7.11 Å². The van der Waals surface area contributed by atoms with Gasteiger partial charge in [-0.05, 0) is 11.6 Å². The van der Waals surface area contributed by atoms with E-state index in [4.69, 9.17) is 9.52 Å². The summed E-state index contributed by atoms with van der Waals surface area (Å²) in [5.41, 5.74) is 0.813. The Hall–Kier alpha value is -1.03. The van der Waals surface area contributed by atoms with Crippen LogP contribution in [-0.2, 0) is 20.6 Å². The molecular formula is C8H10NO2S-. The molecule has 0 saturated heterocycles. The predicted molar refractivity (Wildman–Crippen MR) is 47.5 cm³/mol. The van der Waals surface area contributed by atoms with Crippen molar-refractivity contribution in [2.45, 2.75) is 5.75 Å². The summed E-state index contributed by atoms with van der Waals surface area (Å²) in [4.78, 5) is 0. The van der Waals surface area contributed by atoms with Crippen LogP contribution in [0.3, 0.4) is 0 Å². The first-order valence-corrected chi connectivity index (χ1v) is 4.77. The first kappa shape index (κ1) is 9.06. The molecule has 0 aliphatic heterocycles. The highest BCUT2D eigenvalue weighted by Gasteiger charge is 1.95. The Kier molecular flexibility index (Phi) is 3.10. The molecule has 4 heteroatoms. The Balaban J connectivity index is 2.96. The van der Waals surface area contributed by atoms with Crippen LogP contribution in [0.15, 0.2) is 24.3 Å². The number of benzene rings is 1. The minimum atomic E-state index is -1.56. The summed E-state index contributed by atoms with van der Waals surface area (Å²) >= 11 is 0. The second kappa shape index (κ2) is 4.11. The number of rotatable bonds is 3. The molecular weight excluding hydrogens is 174 g/mol. The molecule has 1 aromatic rings. The van der Waals surface area contributed by atoms with Gasteiger partial charge in [-0.15, -0.1) is 0 Å². The maximum absolute atomic E-state index is 10.6. The third-order valence-electron chi connectivity index (χ3n) is 1.48. The van der Waals surface area contributed by atoms with Crippen molar-refractivity contribution in [2.24, 2.45) is 0 Å². The molecule has 0 amide bonds. The highest BCUT2D eigenvalue weighted by atomic mass is 32.2. The average molecular weight is 184 g/mol. The van der Waals surface area contributed by atoms with Gasteiger partial charge in [0.15, 0.2) is 0 Å². The van der Waals surface area contributed by atoms with E-state index in [0.717, 1.165) is 5.56 Å². The lowest BCUT2D eigenvalue weighted by Crippen LogP contribution is -1.91. The maximum Gasteiger partial charge on any atom is 0.120 e. The molecule has 0 bridgehead atoms. The third kappa shape index (κ3) is 2.23. The SMILES string of the molecule is COc1ccccc1C[S-](=N)=O. The Morgan fingerprint density at radius 2 is 2.17 bits per heavy atom. The quantitative estimate of drug-likeness (QED) is 0.729. The Morgan fingerprint density at radius 3 is 2.75 bits per heavy atom. The van der Waals surface area contributed by atoms with Crippen LogP contribution < -0.4 is 4.74 Å². The lowest BCUT2D eigenvalue weighted by atomic mass is 10.2. The zero-order chi connectivity index (χ0) is 8.97. The van der Waals surface area contributed by atoms with E-state index in [1.54, 1.807) is 13.2 Å². The molecule has 0 fully saturated rings. The Labute approximate surface area is 73.4 Å². The van der Waals surface area contributed by atoms with Gasteiger partial charge in [0, 0.05) is 0 Å². The van der Waals surface area contributed by atoms with Gasteiger partial charge in [0.05, 0.1) is 7.11 Å². The fourth-order valence-corrected chi connectivity index (χ4v) is 1.48. The zero-order valence-electron chi connectivity index (χ0n) is 6.74. The van der Waals surface area contributed by atoms with Crippen molar-refractivity contribution in [2.75, 3.05) is 7.11 Å². The van der Waals surface area contributed by atoms with Gasteiger partial charge in [0.1, 0.15) is 5.75 Å². The van der Waals surface area contributed by atoms with Gasteiger partial charge < -0.3 is 13.7 Å². The van der Waals surface area contributed by atoms with Gasteiger partial charge in [-0.2, -0.15) is 10.6 Å². The zero-order valence-corrected chi connectivity index (χ0v) is 7.56. The smallest absolute Gasteiger partial charge is 0.120 e. The molecule has 0 unspecified atom stereocenters. The van der Waals surface area contributed by atoms with Crippen molar-refractivity contribution < 1.29 is 8.95 Å². The van der Waals surface area contributed by atoms with E-state index in [-0.39, 0.29) is 5.75 Å². The standard InChI is InChI=1S/C8H10NO2S/c1-11-8-5-3-2-4-7(8)6-12(9)10/h2-5,9H,6H2,1H3/q-1. The molecule has 0 heterocycles. The number of ether oxygens (including phenoxy) is 1. The van der Waals surface area contributed by atoms with Crippen LogP contribution >= 0.6 is 0 Å². The van der Waals surface area contributed by atoms with Crippen LogP contribution in [0.1, 0.15) is 5.56 Å². The first-order chi connectivity index (χ1) is 5.74. The van der Waals surface area contributed by atoms with Crippen LogP contribution in [0.2, 0.25) is 0 Å². The largest absolute Gasteiger partial charge is 0.497 e. The second-order valence-corrected chi connectivity index (χ2v) is 3.28. The van der Waals surface area contributed by atoms with Crippen molar-refractivity contribution in [1.82, 2.24) is 0 Å². The third-order valence-corrected chi connectivity index (χ3v) is 2.05. The number of hydrogen-bond acceptors (Lipinski definition) is 4. The highest BCUT2D eigenvalue weighted by molar-refractivity contribution is 7.72. The molecule has 0 aliphatic rings. The average Bonchev–Trinajstić information content (AvgIpc) is 2.04. The van der Waals surface area contributed by atoms with E-state index < -0.39 is 10.6 Å². The summed E-state index contributed by atoms with van der Waals surface area (Å²) in [7, 11) is 0.00278. The van der Waals surface area contributed by atoms with Crippen LogP contribution in [0.5, 0.6) is 5.75 Å². The minimum Gasteiger partial charge on any atom is -0.497 e. The van der Waals surface area contributed by atoms with Crippen LogP contribution in [0.4, 0.5) is 0 Å². The fraction of sp³-hybridized carbons (Fsp3) is 0.250. The summed E-state index contributed by atoms with van der Waals surface area (Å²) in [6.07, 6.45) is 0. The molecule has 0 spiro atoms. The molecule has 0 radical (unpaired) electrons. The highest BCUT2D eigenvalue weighted by Crippen LogP contribution is 2.17. The molecule has 0 aromatic heterocycles. The van der Waals surface area contributed by atoms with Gasteiger partial charge in [-0.1, -0.05) is 24.0 Å². The molecule has 12 heavy (non-hydrogen) atoms. The Bertz CT molecular complexity index is 326. The number of methoxy groups -OCH3 is 1. The van der Waals surface area contributed by atoms with Gasteiger partial charge in [0.2, 0.25) is 0 Å². The fourth-order valence-electron chi connectivity index (χ4n) is 0.963. The van der Waals surface area contributed by atoms with E-state index in [9.17, 15) is 4.21 Å². The number of hydrogen-bond donors (Lipinski definition) is 1. The van der Waals surface area contributed by atoms with Gasteiger partial charge >= 0.3 is 0 Å². The molecule has 1 aromatic carbocycles. The van der Waals surface area contributed by atoms with Gasteiger partial charge in [-0.25, -0.2) is 0 Å². The summed E-state index contributed by atoms with van der Waals surface area (Å²) < 4.78 is 22.5. The van der Waals surface area contributed by atoms with E-state index in [2.05, 4.69) is 0 Å². The first-order valence-electron chi connectivity index (χ1n) is 3.45. The normalized spacial score (nSPS) is 10.2. The predicted octanol–water partition coefficient (Wildman–Crippen LogP) is 1.92. The summed E-state index contributed by atoms with van der Waals surface area (Å²) in [5.74, 6) is 0.919. The van der Waals surface area contributed by atoms with E-state index in [1.807, 2.05) is 18.2 Å². The van der Waals surface area contributed by atoms with Gasteiger partial charge in [-0.3, -0.25) is 0 Å². The molecule has 1 rings (SSSR count). The van der Waals surface area contributed by atoms with Crippen molar-refractivity contribution in [3.8, 4) is 5.75 Å².